The van der Waals surface area contributed by atoms with E-state index in [2.05, 4.69) is 0 Å². The first-order valence-electron chi connectivity index (χ1n) is 8.22. The van der Waals surface area contributed by atoms with E-state index >= 15 is 0 Å². The second-order valence-corrected chi connectivity index (χ2v) is 8.60. The summed E-state index contributed by atoms with van der Waals surface area (Å²) >= 11 is 6.00. The summed E-state index contributed by atoms with van der Waals surface area (Å²) in [6.07, 6.45) is 0.738. The van der Waals surface area contributed by atoms with Gasteiger partial charge in [-0.1, -0.05) is 17.7 Å². The van der Waals surface area contributed by atoms with Crippen molar-refractivity contribution in [2.24, 2.45) is 0 Å². The van der Waals surface area contributed by atoms with E-state index in [1.54, 1.807) is 12.1 Å². The van der Waals surface area contributed by atoms with Gasteiger partial charge in [0.1, 0.15) is 10.6 Å². The van der Waals surface area contributed by atoms with E-state index in [0.29, 0.717) is 29.6 Å². The quantitative estimate of drug-likeness (QED) is 0.795. The van der Waals surface area contributed by atoms with Crippen LogP contribution in [0.5, 0.6) is 17.2 Å². The van der Waals surface area contributed by atoms with Crippen LogP contribution in [0, 0.1) is 0 Å². The number of methoxy groups -OCH3 is 1. The van der Waals surface area contributed by atoms with Crippen LogP contribution in [-0.4, -0.2) is 39.7 Å². The Hall–Kier alpha value is -1.96. The summed E-state index contributed by atoms with van der Waals surface area (Å²) in [5, 5.41) is 0.357. The normalized spacial score (nSPS) is 19.7. The summed E-state index contributed by atoms with van der Waals surface area (Å²) < 4.78 is 43.6. The summed E-state index contributed by atoms with van der Waals surface area (Å²) in [4.78, 5) is 0.0961. The molecule has 1 fully saturated rings. The Balaban J connectivity index is 1.59. The Morgan fingerprint density at radius 3 is 2.77 bits per heavy atom. The highest BCUT2D eigenvalue weighted by Gasteiger charge is 2.35. The number of benzene rings is 2. The van der Waals surface area contributed by atoms with Crippen LogP contribution < -0.4 is 14.2 Å². The zero-order chi connectivity index (χ0) is 18.3. The minimum atomic E-state index is -3.69. The topological polar surface area (TPSA) is 65.1 Å². The predicted molar refractivity (Wildman–Crippen MR) is 96.7 cm³/mol. The average Bonchev–Trinajstić information content (AvgIpc) is 3.30. The Morgan fingerprint density at radius 2 is 1.96 bits per heavy atom. The second-order valence-electron chi connectivity index (χ2n) is 6.26. The number of ether oxygens (including phenoxy) is 3. The largest absolute Gasteiger partial charge is 0.495 e. The molecule has 1 unspecified atom stereocenters. The van der Waals surface area contributed by atoms with Gasteiger partial charge in [-0.05, 0) is 48.2 Å². The molecule has 2 aliphatic rings. The third kappa shape index (κ3) is 3.00. The molecule has 0 aliphatic carbocycles. The van der Waals surface area contributed by atoms with Crippen molar-refractivity contribution in [1.29, 1.82) is 0 Å². The lowest BCUT2D eigenvalue weighted by Crippen LogP contribution is -2.29. The molecule has 8 heteroatoms. The first kappa shape index (κ1) is 17.5. The monoisotopic (exact) mass is 395 g/mol. The van der Waals surface area contributed by atoms with Gasteiger partial charge in [-0.25, -0.2) is 8.42 Å². The maximum Gasteiger partial charge on any atom is 0.246 e. The van der Waals surface area contributed by atoms with E-state index in [9.17, 15) is 8.42 Å². The molecule has 138 valence electrons. The zero-order valence-electron chi connectivity index (χ0n) is 14.1. The molecule has 2 aromatic carbocycles. The predicted octanol–water partition coefficient (Wildman–Crippen LogP) is 3.26. The van der Waals surface area contributed by atoms with Crippen LogP contribution in [-0.2, 0) is 10.0 Å². The molecule has 0 spiro atoms. The summed E-state index contributed by atoms with van der Waals surface area (Å²) in [7, 11) is -2.24. The van der Waals surface area contributed by atoms with Gasteiger partial charge < -0.3 is 14.2 Å². The highest BCUT2D eigenvalue weighted by molar-refractivity contribution is 7.89. The fraction of sp³-hybridized carbons (Fsp3) is 0.333. The van der Waals surface area contributed by atoms with Crippen LogP contribution in [0.3, 0.4) is 0 Å². The van der Waals surface area contributed by atoms with Crippen LogP contribution in [0.25, 0.3) is 0 Å². The van der Waals surface area contributed by atoms with Crippen molar-refractivity contribution in [2.45, 2.75) is 17.2 Å². The minimum absolute atomic E-state index is 0.0961. The van der Waals surface area contributed by atoms with Gasteiger partial charge in [-0.15, -0.1) is 0 Å². The smallest absolute Gasteiger partial charge is 0.246 e. The molecule has 0 bridgehead atoms. The molecule has 0 N–H and O–H groups in total. The number of rotatable bonds is 4. The maximum atomic E-state index is 13.1. The van der Waals surface area contributed by atoms with Crippen LogP contribution in [0.4, 0.5) is 0 Å². The van der Waals surface area contributed by atoms with Gasteiger partial charge in [-0.2, -0.15) is 4.31 Å². The SMILES string of the molecule is COc1ccc(Cl)cc1S(=O)(=O)N1CCC(c2ccc3c(c2)OCO3)C1. The summed E-state index contributed by atoms with van der Waals surface area (Å²) in [6, 6.07) is 10.4. The molecule has 0 saturated carbocycles. The van der Waals surface area contributed by atoms with E-state index < -0.39 is 10.0 Å². The van der Waals surface area contributed by atoms with E-state index in [4.69, 9.17) is 25.8 Å². The summed E-state index contributed by atoms with van der Waals surface area (Å²) in [5.41, 5.74) is 1.05. The first-order chi connectivity index (χ1) is 12.5. The molecule has 0 aromatic heterocycles. The highest BCUT2D eigenvalue weighted by atomic mass is 35.5. The van der Waals surface area contributed by atoms with Crippen LogP contribution in [0.1, 0.15) is 17.9 Å². The van der Waals surface area contributed by atoms with Crippen molar-refractivity contribution in [1.82, 2.24) is 4.31 Å². The number of nitrogens with zero attached hydrogens (tertiary/aromatic N) is 1. The van der Waals surface area contributed by atoms with Gasteiger partial charge in [0.15, 0.2) is 11.5 Å². The Bertz CT molecular complexity index is 947. The van der Waals surface area contributed by atoms with Crippen molar-refractivity contribution in [3.05, 3.63) is 47.0 Å². The Kier molecular flexibility index (Phi) is 4.46. The van der Waals surface area contributed by atoms with Gasteiger partial charge in [0, 0.05) is 18.1 Å². The Morgan fingerprint density at radius 1 is 1.15 bits per heavy atom. The Labute approximate surface area is 157 Å². The molecule has 6 nitrogen and oxygen atoms in total. The number of hydrogen-bond acceptors (Lipinski definition) is 5. The van der Waals surface area contributed by atoms with Crippen molar-refractivity contribution >= 4 is 21.6 Å². The second kappa shape index (κ2) is 6.64. The molecular formula is C18H18ClNO5S. The van der Waals surface area contributed by atoms with E-state index in [-0.39, 0.29) is 17.6 Å². The van der Waals surface area contributed by atoms with Gasteiger partial charge in [-0.3, -0.25) is 0 Å². The fourth-order valence-corrected chi connectivity index (χ4v) is 5.30. The molecular weight excluding hydrogens is 378 g/mol. The molecule has 2 heterocycles. The van der Waals surface area contributed by atoms with Crippen molar-refractivity contribution < 1.29 is 22.6 Å². The highest BCUT2D eigenvalue weighted by Crippen LogP contribution is 2.39. The zero-order valence-corrected chi connectivity index (χ0v) is 15.7. The third-order valence-electron chi connectivity index (χ3n) is 4.76. The standard InChI is InChI=1S/C18H18ClNO5S/c1-23-16-5-3-14(19)9-18(16)26(21,22)20-7-6-13(10-20)12-2-4-15-17(8-12)25-11-24-15/h2-5,8-9,13H,6-7,10-11H2,1H3. The van der Waals surface area contributed by atoms with Crippen LogP contribution >= 0.6 is 11.6 Å². The van der Waals surface area contributed by atoms with Crippen LogP contribution in [0.2, 0.25) is 5.02 Å². The van der Waals surface area contributed by atoms with E-state index in [1.165, 1.54) is 17.5 Å². The average molecular weight is 396 g/mol. The lowest BCUT2D eigenvalue weighted by atomic mass is 9.98. The molecule has 0 radical (unpaired) electrons. The van der Waals surface area contributed by atoms with Crippen molar-refractivity contribution in [2.75, 3.05) is 27.0 Å². The number of sulfonamides is 1. The molecule has 1 saturated heterocycles. The van der Waals surface area contributed by atoms with Gasteiger partial charge >= 0.3 is 0 Å². The molecule has 2 aromatic rings. The van der Waals surface area contributed by atoms with Crippen LogP contribution in [0.15, 0.2) is 41.3 Å². The molecule has 2 aliphatic heterocycles. The molecule has 0 amide bonds. The number of halogens is 1. The van der Waals surface area contributed by atoms with Crippen molar-refractivity contribution in [3.63, 3.8) is 0 Å². The third-order valence-corrected chi connectivity index (χ3v) is 6.88. The minimum Gasteiger partial charge on any atom is -0.495 e. The maximum absolute atomic E-state index is 13.1. The molecule has 4 rings (SSSR count). The summed E-state index contributed by atoms with van der Waals surface area (Å²) in [6.45, 7) is 1.06. The van der Waals surface area contributed by atoms with E-state index in [0.717, 1.165) is 17.7 Å². The van der Waals surface area contributed by atoms with E-state index in [1.807, 2.05) is 18.2 Å². The van der Waals surface area contributed by atoms with Gasteiger partial charge in [0.05, 0.1) is 7.11 Å². The van der Waals surface area contributed by atoms with Gasteiger partial charge in [0.2, 0.25) is 16.8 Å². The van der Waals surface area contributed by atoms with Gasteiger partial charge in [0.25, 0.3) is 0 Å². The lowest BCUT2D eigenvalue weighted by Gasteiger charge is -2.19. The number of hydrogen-bond donors (Lipinski definition) is 0. The first-order valence-corrected chi connectivity index (χ1v) is 10.0. The molecule has 26 heavy (non-hydrogen) atoms. The van der Waals surface area contributed by atoms with Crippen molar-refractivity contribution in [3.8, 4) is 17.2 Å². The molecule has 1 atom stereocenters. The fourth-order valence-electron chi connectivity index (χ4n) is 3.38. The number of fused-ring (bicyclic) bond motifs is 1. The lowest BCUT2D eigenvalue weighted by molar-refractivity contribution is 0.174. The summed E-state index contributed by atoms with van der Waals surface area (Å²) in [5.74, 6) is 1.82.